The largest absolute Gasteiger partial charge is 0.381 e. The highest BCUT2D eigenvalue weighted by molar-refractivity contribution is 4.83. The Morgan fingerprint density at radius 1 is 1.16 bits per heavy atom. The van der Waals surface area contributed by atoms with E-state index >= 15 is 0 Å². The Morgan fingerprint density at radius 2 is 2.00 bits per heavy atom. The number of rotatable bonds is 5. The molecule has 3 heteroatoms. The zero-order chi connectivity index (χ0) is 13.7. The molecular formula is C16H32N2O. The Balaban J connectivity index is 1.80. The minimum absolute atomic E-state index is 0.609. The van der Waals surface area contributed by atoms with E-state index in [1.165, 1.54) is 45.3 Å². The number of hydrogen-bond donors (Lipinski definition) is 1. The molecule has 2 rings (SSSR count). The Kier molecular flexibility index (Phi) is 6.11. The third kappa shape index (κ3) is 4.44. The van der Waals surface area contributed by atoms with Crippen molar-refractivity contribution in [3.8, 4) is 0 Å². The average molecular weight is 268 g/mol. The van der Waals surface area contributed by atoms with E-state index in [1.54, 1.807) is 0 Å². The van der Waals surface area contributed by atoms with E-state index < -0.39 is 0 Å². The second kappa shape index (κ2) is 7.61. The van der Waals surface area contributed by atoms with E-state index in [0.717, 1.165) is 25.0 Å². The number of likely N-dealkylation sites (N-methyl/N-ethyl adjacent to an activating group) is 1. The minimum Gasteiger partial charge on any atom is -0.381 e. The van der Waals surface area contributed by atoms with E-state index in [-0.39, 0.29) is 0 Å². The first kappa shape index (κ1) is 15.3. The van der Waals surface area contributed by atoms with E-state index in [0.29, 0.717) is 12.0 Å². The van der Waals surface area contributed by atoms with Gasteiger partial charge in [0.25, 0.3) is 0 Å². The molecule has 0 aromatic rings. The summed E-state index contributed by atoms with van der Waals surface area (Å²) in [5.41, 5.74) is 0. The Bertz CT molecular complexity index is 251. The van der Waals surface area contributed by atoms with Crippen molar-refractivity contribution >= 4 is 0 Å². The van der Waals surface area contributed by atoms with Crippen LogP contribution in [0.3, 0.4) is 0 Å². The van der Waals surface area contributed by atoms with Crippen LogP contribution < -0.4 is 5.32 Å². The maximum Gasteiger partial charge on any atom is 0.0510 e. The number of ether oxygens (including phenoxy) is 1. The average Bonchev–Trinajstić information content (AvgIpc) is 2.82. The molecule has 0 aliphatic carbocycles. The fourth-order valence-corrected chi connectivity index (χ4v) is 3.66. The molecule has 2 heterocycles. The van der Waals surface area contributed by atoms with Gasteiger partial charge in [-0.15, -0.1) is 0 Å². The van der Waals surface area contributed by atoms with Crippen LogP contribution in [0.2, 0.25) is 0 Å². The summed E-state index contributed by atoms with van der Waals surface area (Å²) in [6, 6.07) is 0.609. The van der Waals surface area contributed by atoms with Gasteiger partial charge in [0.15, 0.2) is 0 Å². The second-order valence-corrected chi connectivity index (χ2v) is 6.75. The molecule has 0 aromatic heterocycles. The van der Waals surface area contributed by atoms with Gasteiger partial charge in [-0.05, 0) is 57.7 Å². The van der Waals surface area contributed by atoms with Gasteiger partial charge < -0.3 is 15.0 Å². The van der Waals surface area contributed by atoms with Crippen molar-refractivity contribution in [2.45, 2.75) is 45.6 Å². The smallest absolute Gasteiger partial charge is 0.0510 e. The van der Waals surface area contributed by atoms with Gasteiger partial charge in [-0.25, -0.2) is 0 Å². The summed E-state index contributed by atoms with van der Waals surface area (Å²) < 4.78 is 5.54. The molecule has 2 aliphatic heterocycles. The van der Waals surface area contributed by atoms with Crippen molar-refractivity contribution in [3.63, 3.8) is 0 Å². The summed E-state index contributed by atoms with van der Waals surface area (Å²) in [6.45, 7) is 10.4. The van der Waals surface area contributed by atoms with Crippen LogP contribution in [0.1, 0.15) is 39.5 Å². The third-order valence-corrected chi connectivity index (χ3v) is 5.17. The van der Waals surface area contributed by atoms with Crippen molar-refractivity contribution in [3.05, 3.63) is 0 Å². The highest BCUT2D eigenvalue weighted by Crippen LogP contribution is 2.25. The molecule has 3 unspecified atom stereocenters. The molecule has 0 saturated carbocycles. The van der Waals surface area contributed by atoms with Crippen LogP contribution in [0, 0.1) is 17.8 Å². The molecule has 0 spiro atoms. The monoisotopic (exact) mass is 268 g/mol. The number of nitrogens with one attached hydrogen (secondary N) is 1. The third-order valence-electron chi connectivity index (χ3n) is 5.17. The molecule has 0 bridgehead atoms. The Morgan fingerprint density at radius 3 is 2.63 bits per heavy atom. The molecule has 0 radical (unpaired) electrons. The van der Waals surface area contributed by atoms with Gasteiger partial charge in [0.1, 0.15) is 0 Å². The zero-order valence-electron chi connectivity index (χ0n) is 13.0. The SMILES string of the molecule is CNC(CN1CCCC(C(C)C)CC1)C1CCOC1. The van der Waals surface area contributed by atoms with Gasteiger partial charge in [0.2, 0.25) is 0 Å². The molecule has 3 atom stereocenters. The summed E-state index contributed by atoms with van der Waals surface area (Å²) in [5, 5.41) is 3.52. The lowest BCUT2D eigenvalue weighted by Crippen LogP contribution is -2.44. The zero-order valence-corrected chi connectivity index (χ0v) is 13.0. The highest BCUT2D eigenvalue weighted by atomic mass is 16.5. The maximum absolute atomic E-state index is 5.54. The summed E-state index contributed by atoms with van der Waals surface area (Å²) in [5.74, 6) is 2.50. The second-order valence-electron chi connectivity index (χ2n) is 6.75. The summed E-state index contributed by atoms with van der Waals surface area (Å²) in [4.78, 5) is 2.68. The van der Waals surface area contributed by atoms with Crippen molar-refractivity contribution < 1.29 is 4.74 Å². The van der Waals surface area contributed by atoms with Crippen molar-refractivity contribution in [1.29, 1.82) is 0 Å². The lowest BCUT2D eigenvalue weighted by molar-refractivity contribution is 0.163. The van der Waals surface area contributed by atoms with Gasteiger partial charge >= 0.3 is 0 Å². The number of nitrogens with zero attached hydrogens (tertiary/aromatic N) is 1. The number of likely N-dealkylation sites (tertiary alicyclic amines) is 1. The van der Waals surface area contributed by atoms with E-state index in [2.05, 4.69) is 31.1 Å². The lowest BCUT2D eigenvalue weighted by atomic mass is 9.89. The Labute approximate surface area is 119 Å². The quantitative estimate of drug-likeness (QED) is 0.828. The summed E-state index contributed by atoms with van der Waals surface area (Å²) in [7, 11) is 2.11. The molecule has 19 heavy (non-hydrogen) atoms. The standard InChI is InChI=1S/C16H32N2O/c1-13(2)14-5-4-8-18(9-6-14)11-16(17-3)15-7-10-19-12-15/h13-17H,4-12H2,1-3H3. The van der Waals surface area contributed by atoms with E-state index in [9.17, 15) is 0 Å². The van der Waals surface area contributed by atoms with Crippen LogP contribution in [0.4, 0.5) is 0 Å². The van der Waals surface area contributed by atoms with Gasteiger partial charge in [0.05, 0.1) is 6.61 Å². The summed E-state index contributed by atoms with van der Waals surface area (Å²) in [6.07, 6.45) is 5.41. The number of hydrogen-bond acceptors (Lipinski definition) is 3. The highest BCUT2D eigenvalue weighted by Gasteiger charge is 2.27. The van der Waals surface area contributed by atoms with Crippen LogP contribution in [-0.2, 0) is 4.74 Å². The fourth-order valence-electron chi connectivity index (χ4n) is 3.66. The molecule has 2 fully saturated rings. The Hall–Kier alpha value is -0.120. The normalized spacial score (nSPS) is 31.6. The topological polar surface area (TPSA) is 24.5 Å². The van der Waals surface area contributed by atoms with Crippen LogP contribution in [0.5, 0.6) is 0 Å². The molecule has 2 aliphatic rings. The lowest BCUT2D eigenvalue weighted by Gasteiger charge is -2.29. The van der Waals surface area contributed by atoms with Gasteiger partial charge in [-0.1, -0.05) is 13.8 Å². The first-order valence-corrected chi connectivity index (χ1v) is 8.18. The van der Waals surface area contributed by atoms with Crippen molar-refractivity contribution in [2.75, 3.05) is 39.9 Å². The predicted octanol–water partition coefficient (Wildman–Crippen LogP) is 2.37. The predicted molar refractivity (Wildman–Crippen MR) is 80.4 cm³/mol. The van der Waals surface area contributed by atoms with E-state index in [4.69, 9.17) is 4.74 Å². The minimum atomic E-state index is 0.609. The van der Waals surface area contributed by atoms with Crippen LogP contribution in [0.15, 0.2) is 0 Å². The van der Waals surface area contributed by atoms with E-state index in [1.807, 2.05) is 0 Å². The van der Waals surface area contributed by atoms with Crippen molar-refractivity contribution in [2.24, 2.45) is 17.8 Å². The first-order chi connectivity index (χ1) is 9.20. The fraction of sp³-hybridized carbons (Fsp3) is 1.00. The molecule has 3 nitrogen and oxygen atoms in total. The van der Waals surface area contributed by atoms with Crippen LogP contribution in [-0.4, -0.2) is 50.8 Å². The molecule has 2 saturated heterocycles. The van der Waals surface area contributed by atoms with Crippen LogP contribution in [0.25, 0.3) is 0 Å². The van der Waals surface area contributed by atoms with Gasteiger partial charge in [-0.3, -0.25) is 0 Å². The van der Waals surface area contributed by atoms with Crippen LogP contribution >= 0.6 is 0 Å². The molecular weight excluding hydrogens is 236 g/mol. The first-order valence-electron chi connectivity index (χ1n) is 8.18. The van der Waals surface area contributed by atoms with Gasteiger partial charge in [0, 0.05) is 25.1 Å². The molecule has 1 N–H and O–H groups in total. The maximum atomic E-state index is 5.54. The molecule has 112 valence electrons. The van der Waals surface area contributed by atoms with Gasteiger partial charge in [-0.2, -0.15) is 0 Å². The van der Waals surface area contributed by atoms with Crippen molar-refractivity contribution in [1.82, 2.24) is 10.2 Å². The summed E-state index contributed by atoms with van der Waals surface area (Å²) >= 11 is 0. The molecule has 0 amide bonds. The molecule has 0 aromatic carbocycles.